The molecular formula is C6H13NO. The minimum atomic E-state index is 0.888. The van der Waals surface area contributed by atoms with Crippen molar-refractivity contribution in [2.75, 3.05) is 26.3 Å². The first kappa shape index (κ1) is 6.05. The maximum Gasteiger partial charge on any atom is 0.0935 e. The molecular weight excluding hydrogens is 102 g/mol. The van der Waals surface area contributed by atoms with Gasteiger partial charge < -0.3 is 9.64 Å². The summed E-state index contributed by atoms with van der Waals surface area (Å²) in [6, 6.07) is 0. The molecule has 1 fully saturated rings. The molecule has 1 aliphatic rings. The van der Waals surface area contributed by atoms with Crippen molar-refractivity contribution in [2.24, 2.45) is 0 Å². The van der Waals surface area contributed by atoms with E-state index in [-0.39, 0.29) is 0 Å². The summed E-state index contributed by atoms with van der Waals surface area (Å²) >= 11 is 0. The molecule has 1 atom stereocenters. The Bertz CT molecular complexity index is 57.5. The summed E-state index contributed by atoms with van der Waals surface area (Å²) in [5, 5.41) is 0. The average molecular weight is 115 g/mol. The molecule has 1 saturated heterocycles. The van der Waals surface area contributed by atoms with Crippen LogP contribution in [0.1, 0.15) is 6.42 Å². The zero-order chi connectivity index (χ0) is 5.82. The van der Waals surface area contributed by atoms with Gasteiger partial charge in [0.05, 0.1) is 26.3 Å². The molecule has 1 rings (SSSR count). The molecule has 0 aliphatic carbocycles. The highest BCUT2D eigenvalue weighted by atomic mass is 16.5. The highest BCUT2D eigenvalue weighted by Crippen LogP contribution is 1.80. The van der Waals surface area contributed by atoms with Crippen molar-refractivity contribution in [1.82, 2.24) is 0 Å². The standard InChI is InChI=1S/C6H13NO/c1-7-3-2-5-8-6-4-7/h7H,1-6H2. The Morgan fingerprint density at radius 3 is 3.00 bits per heavy atom. The summed E-state index contributed by atoms with van der Waals surface area (Å²) in [4.78, 5) is 1.35. The summed E-state index contributed by atoms with van der Waals surface area (Å²) in [5.41, 5.74) is 0. The first-order chi connectivity index (χ1) is 3.89. The van der Waals surface area contributed by atoms with E-state index in [0.717, 1.165) is 19.8 Å². The Morgan fingerprint density at radius 2 is 2.12 bits per heavy atom. The second-order valence-corrected chi connectivity index (χ2v) is 2.22. The van der Waals surface area contributed by atoms with Crippen LogP contribution in [0.4, 0.5) is 0 Å². The number of quaternary nitrogens is 1. The maximum atomic E-state index is 5.20. The third-order valence-corrected chi connectivity index (χ3v) is 1.42. The highest BCUT2D eigenvalue weighted by molar-refractivity contribution is 4.38. The summed E-state index contributed by atoms with van der Waals surface area (Å²) in [7, 11) is 3.89. The lowest BCUT2D eigenvalue weighted by atomic mass is 10.4. The van der Waals surface area contributed by atoms with Crippen molar-refractivity contribution in [3.63, 3.8) is 0 Å². The van der Waals surface area contributed by atoms with Crippen molar-refractivity contribution in [3.05, 3.63) is 7.05 Å². The molecule has 0 radical (unpaired) electrons. The Kier molecular flexibility index (Phi) is 2.30. The molecule has 0 saturated carbocycles. The van der Waals surface area contributed by atoms with E-state index in [0.29, 0.717) is 0 Å². The van der Waals surface area contributed by atoms with Crippen LogP contribution >= 0.6 is 0 Å². The van der Waals surface area contributed by atoms with Crippen molar-refractivity contribution in [1.29, 1.82) is 0 Å². The van der Waals surface area contributed by atoms with Crippen LogP contribution in [0.5, 0.6) is 0 Å². The smallest absolute Gasteiger partial charge is 0.0935 e. The minimum Gasteiger partial charge on any atom is -0.466 e. The molecule has 1 N–H and O–H groups in total. The first-order valence-corrected chi connectivity index (χ1v) is 3.14. The zero-order valence-corrected chi connectivity index (χ0v) is 5.15. The van der Waals surface area contributed by atoms with Gasteiger partial charge in [-0.15, -0.1) is 0 Å². The van der Waals surface area contributed by atoms with Crippen LogP contribution < -0.4 is 4.90 Å². The molecule has 0 aromatic heterocycles. The summed E-state index contributed by atoms with van der Waals surface area (Å²) in [6.07, 6.45) is 1.17. The Labute approximate surface area is 50.4 Å². The van der Waals surface area contributed by atoms with Crippen LogP contribution in [-0.4, -0.2) is 26.3 Å². The van der Waals surface area contributed by atoms with Crippen molar-refractivity contribution >= 4 is 0 Å². The normalized spacial score (nSPS) is 31.9. The molecule has 0 amide bonds. The van der Waals surface area contributed by atoms with Crippen molar-refractivity contribution < 1.29 is 9.64 Å². The molecule has 1 unspecified atom stereocenters. The molecule has 8 heavy (non-hydrogen) atoms. The molecule has 0 aromatic rings. The quantitative estimate of drug-likeness (QED) is 0.403. The van der Waals surface area contributed by atoms with E-state index >= 15 is 0 Å². The predicted molar refractivity (Wildman–Crippen MR) is 31.5 cm³/mol. The van der Waals surface area contributed by atoms with E-state index < -0.39 is 0 Å². The predicted octanol–water partition coefficient (Wildman–Crippen LogP) is -0.917. The van der Waals surface area contributed by atoms with Gasteiger partial charge in [-0.1, -0.05) is 0 Å². The number of nitrogens with one attached hydrogen (secondary N) is 1. The van der Waals surface area contributed by atoms with Gasteiger partial charge in [-0.2, -0.15) is 7.05 Å². The van der Waals surface area contributed by atoms with Gasteiger partial charge >= 0.3 is 0 Å². The fraction of sp³-hybridized carbons (Fsp3) is 0.833. The van der Waals surface area contributed by atoms with Crippen LogP contribution in [0.15, 0.2) is 0 Å². The van der Waals surface area contributed by atoms with Crippen LogP contribution in [-0.2, 0) is 4.74 Å². The summed E-state index contributed by atoms with van der Waals surface area (Å²) in [6.45, 7) is 4.05. The molecule has 2 nitrogen and oxygen atoms in total. The molecule has 2 heteroatoms. The lowest BCUT2D eigenvalue weighted by Gasteiger charge is -2.15. The van der Waals surface area contributed by atoms with E-state index in [9.17, 15) is 0 Å². The third-order valence-electron chi connectivity index (χ3n) is 1.42. The fourth-order valence-electron chi connectivity index (χ4n) is 0.868. The van der Waals surface area contributed by atoms with Gasteiger partial charge in [0.15, 0.2) is 0 Å². The topological polar surface area (TPSA) is 13.7 Å². The van der Waals surface area contributed by atoms with E-state index in [2.05, 4.69) is 7.05 Å². The van der Waals surface area contributed by atoms with Crippen molar-refractivity contribution in [3.8, 4) is 0 Å². The van der Waals surface area contributed by atoms with Crippen LogP contribution in [0, 0.1) is 7.05 Å². The molecule has 48 valence electrons. The maximum absolute atomic E-state index is 5.20. The van der Waals surface area contributed by atoms with Crippen molar-refractivity contribution in [2.45, 2.75) is 6.42 Å². The molecule has 0 bridgehead atoms. The Hall–Kier alpha value is -0.0800. The largest absolute Gasteiger partial charge is 0.466 e. The van der Waals surface area contributed by atoms with E-state index in [1.54, 1.807) is 0 Å². The van der Waals surface area contributed by atoms with E-state index in [1.165, 1.54) is 17.9 Å². The van der Waals surface area contributed by atoms with Gasteiger partial charge in [0, 0.05) is 6.42 Å². The first-order valence-electron chi connectivity index (χ1n) is 3.14. The number of hydrogen-bond acceptors (Lipinski definition) is 1. The van der Waals surface area contributed by atoms with Crippen LogP contribution in [0.2, 0.25) is 0 Å². The SMILES string of the molecule is [CH2-][NH+]1CCCOCC1. The van der Waals surface area contributed by atoms with Crippen LogP contribution in [0.3, 0.4) is 0 Å². The Balaban J connectivity index is 2.17. The molecule has 0 aromatic carbocycles. The average Bonchev–Trinajstić information content (AvgIpc) is 1.94. The van der Waals surface area contributed by atoms with Crippen LogP contribution in [0.25, 0.3) is 0 Å². The molecule has 1 aliphatic heterocycles. The number of rotatable bonds is 0. The van der Waals surface area contributed by atoms with Gasteiger partial charge in [0.25, 0.3) is 0 Å². The summed E-state index contributed by atoms with van der Waals surface area (Å²) in [5.74, 6) is 0. The Morgan fingerprint density at radius 1 is 1.25 bits per heavy atom. The second kappa shape index (κ2) is 3.05. The summed E-state index contributed by atoms with van der Waals surface area (Å²) < 4.78 is 5.20. The van der Waals surface area contributed by atoms with Gasteiger partial charge in [0.1, 0.15) is 0 Å². The molecule has 0 spiro atoms. The second-order valence-electron chi connectivity index (χ2n) is 2.22. The van der Waals surface area contributed by atoms with Gasteiger partial charge in [0.2, 0.25) is 0 Å². The fourth-order valence-corrected chi connectivity index (χ4v) is 0.868. The monoisotopic (exact) mass is 115 g/mol. The third kappa shape index (κ3) is 1.80. The number of hydrogen-bond donors (Lipinski definition) is 1. The van der Waals surface area contributed by atoms with Gasteiger partial charge in [-0.25, -0.2) is 0 Å². The van der Waals surface area contributed by atoms with E-state index in [1.807, 2.05) is 0 Å². The minimum absolute atomic E-state index is 0.888. The van der Waals surface area contributed by atoms with E-state index in [4.69, 9.17) is 4.74 Å². The number of ether oxygens (including phenoxy) is 1. The van der Waals surface area contributed by atoms with Gasteiger partial charge in [-0.3, -0.25) is 0 Å². The lowest BCUT2D eigenvalue weighted by molar-refractivity contribution is -0.851. The lowest BCUT2D eigenvalue weighted by Crippen LogP contribution is -3.07. The van der Waals surface area contributed by atoms with Gasteiger partial charge in [-0.05, 0) is 0 Å². The highest BCUT2D eigenvalue weighted by Gasteiger charge is 2.00. The zero-order valence-electron chi connectivity index (χ0n) is 5.15. The molecule has 1 heterocycles.